The van der Waals surface area contributed by atoms with Crippen LogP contribution in [0.5, 0.6) is 0 Å². The SMILES string of the molecule is C#CCCNCCNC(=O)c1c(C)[nH]c(C=C2C(=O)Nc3ccc(Cl)cc32)c1C. The molecule has 29 heavy (non-hydrogen) atoms. The van der Waals surface area contributed by atoms with Crippen LogP contribution in [0, 0.1) is 26.2 Å². The minimum Gasteiger partial charge on any atom is -0.358 e. The first-order valence-electron chi connectivity index (χ1n) is 9.37. The van der Waals surface area contributed by atoms with Crippen LogP contribution in [0.1, 0.15) is 39.3 Å². The van der Waals surface area contributed by atoms with Crippen molar-refractivity contribution in [1.29, 1.82) is 0 Å². The summed E-state index contributed by atoms with van der Waals surface area (Å²) >= 11 is 6.09. The lowest BCUT2D eigenvalue weighted by Crippen LogP contribution is -2.32. The predicted octanol–water partition coefficient (Wildman–Crippen LogP) is 3.12. The largest absolute Gasteiger partial charge is 0.358 e. The Hall–Kier alpha value is -3.01. The number of terminal acetylenes is 1. The summed E-state index contributed by atoms with van der Waals surface area (Å²) in [5, 5.41) is 9.46. The first-order valence-corrected chi connectivity index (χ1v) is 9.74. The van der Waals surface area contributed by atoms with Crippen LogP contribution in [-0.4, -0.2) is 36.4 Å². The van der Waals surface area contributed by atoms with Gasteiger partial charge in [-0.1, -0.05) is 11.6 Å². The van der Waals surface area contributed by atoms with Gasteiger partial charge in [0.1, 0.15) is 0 Å². The molecule has 4 N–H and O–H groups in total. The van der Waals surface area contributed by atoms with Gasteiger partial charge in [0.05, 0.1) is 11.1 Å². The average Bonchev–Trinajstić information content (AvgIpc) is 3.14. The molecule has 0 spiro atoms. The van der Waals surface area contributed by atoms with Crippen LogP contribution in [0.3, 0.4) is 0 Å². The topological polar surface area (TPSA) is 86.0 Å². The molecule has 2 heterocycles. The number of fused-ring (bicyclic) bond motifs is 1. The minimum absolute atomic E-state index is 0.154. The number of halogens is 1. The third-order valence-corrected chi connectivity index (χ3v) is 5.03. The lowest BCUT2D eigenvalue weighted by atomic mass is 10.0. The lowest BCUT2D eigenvalue weighted by molar-refractivity contribution is -0.110. The van der Waals surface area contributed by atoms with Gasteiger partial charge in [0.25, 0.3) is 11.8 Å². The van der Waals surface area contributed by atoms with E-state index in [4.69, 9.17) is 18.0 Å². The zero-order valence-electron chi connectivity index (χ0n) is 16.4. The number of H-pyrrole nitrogens is 1. The van der Waals surface area contributed by atoms with Gasteiger partial charge in [-0.05, 0) is 43.7 Å². The normalized spacial score (nSPS) is 13.9. The standard InChI is InChI=1S/C22H23ClN4O2/c1-4-5-8-24-9-10-25-22(29)20-13(2)19(26-14(20)3)12-17-16-11-15(23)6-7-18(16)27-21(17)28/h1,6-7,11-12,24,26H,5,8-10H2,2-3H3,(H,25,29)(H,27,28). The van der Waals surface area contributed by atoms with Gasteiger partial charge in [0.2, 0.25) is 0 Å². The Morgan fingerprint density at radius 3 is 2.83 bits per heavy atom. The summed E-state index contributed by atoms with van der Waals surface area (Å²) in [5.41, 5.74) is 4.83. The molecule has 0 aliphatic carbocycles. The molecule has 0 fully saturated rings. The third kappa shape index (κ3) is 4.53. The van der Waals surface area contributed by atoms with E-state index in [2.05, 4.69) is 26.9 Å². The number of nitrogens with one attached hydrogen (secondary N) is 4. The van der Waals surface area contributed by atoms with Gasteiger partial charge in [-0.25, -0.2) is 0 Å². The predicted molar refractivity (Wildman–Crippen MR) is 117 cm³/mol. The zero-order chi connectivity index (χ0) is 21.0. The highest BCUT2D eigenvalue weighted by Gasteiger charge is 2.25. The summed E-state index contributed by atoms with van der Waals surface area (Å²) in [7, 11) is 0. The van der Waals surface area contributed by atoms with Crippen molar-refractivity contribution in [3.63, 3.8) is 0 Å². The molecule has 1 aliphatic rings. The summed E-state index contributed by atoms with van der Waals surface area (Å²) in [6, 6.07) is 5.27. The molecule has 1 aromatic carbocycles. The Morgan fingerprint density at radius 2 is 2.07 bits per heavy atom. The summed E-state index contributed by atoms with van der Waals surface area (Å²) in [6.07, 6.45) is 7.62. The number of aromatic nitrogens is 1. The van der Waals surface area contributed by atoms with E-state index in [9.17, 15) is 9.59 Å². The number of benzene rings is 1. The quantitative estimate of drug-likeness (QED) is 0.321. The molecule has 0 saturated heterocycles. The number of hydrogen-bond donors (Lipinski definition) is 4. The molecule has 0 atom stereocenters. The molecule has 0 saturated carbocycles. The molecule has 1 aliphatic heterocycles. The number of hydrogen-bond acceptors (Lipinski definition) is 3. The van der Waals surface area contributed by atoms with Crippen LogP contribution in [0.25, 0.3) is 11.6 Å². The molecule has 6 nitrogen and oxygen atoms in total. The van der Waals surface area contributed by atoms with Crippen molar-refractivity contribution >= 4 is 40.8 Å². The smallest absolute Gasteiger partial charge is 0.256 e. The Bertz CT molecular complexity index is 1030. The van der Waals surface area contributed by atoms with Crippen LogP contribution < -0.4 is 16.0 Å². The number of aromatic amines is 1. The lowest BCUT2D eigenvalue weighted by Gasteiger charge is -2.07. The Labute approximate surface area is 175 Å². The molecule has 2 aromatic rings. The monoisotopic (exact) mass is 410 g/mol. The summed E-state index contributed by atoms with van der Waals surface area (Å²) in [5.74, 6) is 2.21. The molecule has 150 valence electrons. The van der Waals surface area contributed by atoms with Gasteiger partial charge in [0.15, 0.2) is 0 Å². The highest BCUT2D eigenvalue weighted by atomic mass is 35.5. The number of amides is 2. The van der Waals surface area contributed by atoms with Crippen LogP contribution in [0.2, 0.25) is 5.02 Å². The third-order valence-electron chi connectivity index (χ3n) is 4.79. The highest BCUT2D eigenvalue weighted by Crippen LogP contribution is 2.35. The number of rotatable bonds is 7. The summed E-state index contributed by atoms with van der Waals surface area (Å²) < 4.78 is 0. The summed E-state index contributed by atoms with van der Waals surface area (Å²) in [4.78, 5) is 28.2. The van der Waals surface area contributed by atoms with Crippen LogP contribution in [-0.2, 0) is 4.79 Å². The van der Waals surface area contributed by atoms with Crippen LogP contribution >= 0.6 is 11.6 Å². The second-order valence-electron chi connectivity index (χ2n) is 6.83. The number of carbonyl (C=O) groups excluding carboxylic acids is 2. The second-order valence-corrected chi connectivity index (χ2v) is 7.26. The highest BCUT2D eigenvalue weighted by molar-refractivity contribution is 6.36. The molecular weight excluding hydrogens is 388 g/mol. The fraction of sp³-hybridized carbons (Fsp3) is 0.273. The van der Waals surface area contributed by atoms with Crippen molar-refractivity contribution in [2.75, 3.05) is 25.0 Å². The Balaban J connectivity index is 1.78. The molecule has 7 heteroatoms. The molecule has 0 bridgehead atoms. The first kappa shape index (κ1) is 20.7. The number of carbonyl (C=O) groups is 2. The summed E-state index contributed by atoms with van der Waals surface area (Å²) in [6.45, 7) is 5.57. The van der Waals surface area contributed by atoms with E-state index in [1.165, 1.54) is 0 Å². The van der Waals surface area contributed by atoms with Crippen molar-refractivity contribution in [2.45, 2.75) is 20.3 Å². The van der Waals surface area contributed by atoms with Crippen LogP contribution in [0.15, 0.2) is 18.2 Å². The fourth-order valence-electron chi connectivity index (χ4n) is 3.35. The van der Waals surface area contributed by atoms with Gasteiger partial charge in [-0.15, -0.1) is 12.3 Å². The van der Waals surface area contributed by atoms with Crippen molar-refractivity contribution in [2.24, 2.45) is 0 Å². The molecule has 0 unspecified atom stereocenters. The van der Waals surface area contributed by atoms with Gasteiger partial charge in [-0.2, -0.15) is 0 Å². The van der Waals surface area contributed by atoms with Gasteiger partial charge in [-0.3, -0.25) is 9.59 Å². The van der Waals surface area contributed by atoms with Crippen molar-refractivity contribution < 1.29 is 9.59 Å². The molecule has 3 rings (SSSR count). The maximum Gasteiger partial charge on any atom is 0.256 e. The molecule has 1 aromatic heterocycles. The zero-order valence-corrected chi connectivity index (χ0v) is 17.2. The van der Waals surface area contributed by atoms with Crippen molar-refractivity contribution in [3.05, 3.63) is 51.3 Å². The number of anilines is 1. The Morgan fingerprint density at radius 1 is 1.28 bits per heavy atom. The maximum atomic E-state index is 12.6. The average molecular weight is 411 g/mol. The van der Waals surface area contributed by atoms with Crippen LogP contribution in [0.4, 0.5) is 5.69 Å². The van der Waals surface area contributed by atoms with Crippen molar-refractivity contribution in [3.8, 4) is 12.3 Å². The first-order chi connectivity index (χ1) is 13.9. The maximum absolute atomic E-state index is 12.6. The van der Waals surface area contributed by atoms with Gasteiger partial charge in [0, 0.05) is 53.7 Å². The van der Waals surface area contributed by atoms with Crippen molar-refractivity contribution in [1.82, 2.24) is 15.6 Å². The Kier molecular flexibility index (Phi) is 6.42. The minimum atomic E-state index is -0.196. The van der Waals surface area contributed by atoms with E-state index in [0.29, 0.717) is 35.7 Å². The van der Waals surface area contributed by atoms with E-state index < -0.39 is 0 Å². The van der Waals surface area contributed by atoms with Gasteiger partial charge >= 0.3 is 0 Å². The second kappa shape index (κ2) is 8.99. The van der Waals surface area contributed by atoms with E-state index in [-0.39, 0.29) is 11.8 Å². The molecule has 0 radical (unpaired) electrons. The molecular formula is C22H23ClN4O2. The van der Waals surface area contributed by atoms with E-state index in [1.807, 2.05) is 13.8 Å². The van der Waals surface area contributed by atoms with E-state index >= 15 is 0 Å². The van der Waals surface area contributed by atoms with Gasteiger partial charge < -0.3 is 20.9 Å². The molecule has 2 amide bonds. The fourth-order valence-corrected chi connectivity index (χ4v) is 3.52. The van der Waals surface area contributed by atoms with E-state index in [0.717, 1.165) is 34.7 Å². The van der Waals surface area contributed by atoms with E-state index in [1.54, 1.807) is 24.3 Å². The number of aryl methyl sites for hydroxylation is 1.